The van der Waals surface area contributed by atoms with E-state index >= 15 is 0 Å². The summed E-state index contributed by atoms with van der Waals surface area (Å²) in [6.45, 7) is 2.45. The summed E-state index contributed by atoms with van der Waals surface area (Å²) in [6, 6.07) is 0. The molecule has 0 bridgehead atoms. The van der Waals surface area contributed by atoms with E-state index in [1.165, 1.54) is 9.80 Å². The number of rotatable bonds is 4. The van der Waals surface area contributed by atoms with Gasteiger partial charge in [0.05, 0.1) is 17.8 Å². The van der Waals surface area contributed by atoms with Crippen molar-refractivity contribution in [3.05, 3.63) is 50.3 Å². The number of hydrogen-bond donors (Lipinski definition) is 1. The number of fused-ring (bicyclic) bond motifs is 1. The fraction of sp³-hybridized carbons (Fsp3) is 0.421. The number of aryl methyl sites for hydroxylation is 1. The molecule has 2 amide bonds. The molecule has 1 unspecified atom stereocenters. The Bertz CT molecular complexity index is 877. The lowest BCUT2D eigenvalue weighted by Crippen LogP contribution is -2.36. The predicted octanol–water partition coefficient (Wildman–Crippen LogP) is 2.63. The Kier molecular flexibility index (Phi) is 5.60. The first-order chi connectivity index (χ1) is 12.7. The first kappa shape index (κ1) is 19.9. The van der Waals surface area contributed by atoms with Crippen molar-refractivity contribution in [2.45, 2.75) is 32.4 Å². The van der Waals surface area contributed by atoms with Crippen LogP contribution in [0.4, 0.5) is 0 Å². The maximum absolute atomic E-state index is 13.1. The van der Waals surface area contributed by atoms with Crippen molar-refractivity contribution < 1.29 is 9.59 Å². The molecule has 0 radical (unpaired) electrons. The van der Waals surface area contributed by atoms with Crippen LogP contribution in [0.25, 0.3) is 0 Å². The van der Waals surface area contributed by atoms with E-state index in [2.05, 4.69) is 4.98 Å². The maximum Gasteiger partial charge on any atom is 0.256 e. The van der Waals surface area contributed by atoms with Gasteiger partial charge in [0, 0.05) is 42.3 Å². The summed E-state index contributed by atoms with van der Waals surface area (Å²) in [4.78, 5) is 32.8. The van der Waals surface area contributed by atoms with E-state index in [-0.39, 0.29) is 30.8 Å². The molecule has 6 nitrogen and oxygen atoms in total. The number of halogens is 2. The molecule has 8 heteroatoms. The molecule has 1 aliphatic heterocycles. The van der Waals surface area contributed by atoms with Crippen molar-refractivity contribution in [1.29, 1.82) is 0 Å². The van der Waals surface area contributed by atoms with E-state index in [1.54, 1.807) is 20.2 Å². The zero-order chi connectivity index (χ0) is 19.9. The van der Waals surface area contributed by atoms with E-state index in [9.17, 15) is 9.59 Å². The van der Waals surface area contributed by atoms with Crippen molar-refractivity contribution in [1.82, 2.24) is 14.8 Å². The molecule has 144 valence electrons. The first-order valence-electron chi connectivity index (χ1n) is 8.69. The summed E-state index contributed by atoms with van der Waals surface area (Å²) >= 11 is 12.6. The fourth-order valence-electron chi connectivity index (χ4n) is 3.56. The molecule has 1 aliphatic carbocycles. The number of nitrogens with two attached hydrogens (primary N) is 1. The van der Waals surface area contributed by atoms with E-state index in [4.69, 9.17) is 28.9 Å². The smallest absolute Gasteiger partial charge is 0.256 e. The maximum atomic E-state index is 13.1. The number of hydrogen-bond acceptors (Lipinski definition) is 4. The summed E-state index contributed by atoms with van der Waals surface area (Å²) in [6.07, 6.45) is 4.17. The van der Waals surface area contributed by atoms with Crippen molar-refractivity contribution in [2.24, 2.45) is 5.73 Å². The van der Waals surface area contributed by atoms with Gasteiger partial charge >= 0.3 is 0 Å². The van der Waals surface area contributed by atoms with E-state index in [0.717, 1.165) is 16.8 Å². The molecule has 1 atom stereocenters. The van der Waals surface area contributed by atoms with Gasteiger partial charge in [0.1, 0.15) is 6.54 Å². The van der Waals surface area contributed by atoms with Crippen LogP contribution >= 0.6 is 23.2 Å². The normalized spacial score (nSPS) is 19.0. The van der Waals surface area contributed by atoms with Crippen LogP contribution in [0.5, 0.6) is 0 Å². The minimum Gasteiger partial charge on any atom is -0.347 e. The van der Waals surface area contributed by atoms with Gasteiger partial charge in [-0.05, 0) is 30.5 Å². The molecular weight excluding hydrogens is 387 g/mol. The van der Waals surface area contributed by atoms with E-state index in [0.29, 0.717) is 34.3 Å². The van der Waals surface area contributed by atoms with Gasteiger partial charge in [-0.1, -0.05) is 29.3 Å². The fourth-order valence-corrected chi connectivity index (χ4v) is 4.13. The molecule has 2 N–H and O–H groups in total. The average Bonchev–Trinajstić information content (AvgIpc) is 2.89. The molecule has 0 saturated carbocycles. The highest BCUT2D eigenvalue weighted by Crippen LogP contribution is 2.42. The van der Waals surface area contributed by atoms with Crippen LogP contribution in [0, 0.1) is 6.92 Å². The Balaban J connectivity index is 2.08. The number of likely N-dealkylation sites (N-methyl/N-ethyl adjacent to an activating group) is 1. The van der Waals surface area contributed by atoms with Crippen LogP contribution in [0.1, 0.15) is 45.2 Å². The topological polar surface area (TPSA) is 79.5 Å². The van der Waals surface area contributed by atoms with Crippen LogP contribution in [0.2, 0.25) is 0 Å². The highest BCUT2D eigenvalue weighted by Gasteiger charge is 2.37. The van der Waals surface area contributed by atoms with E-state index in [1.807, 2.05) is 13.0 Å². The molecule has 2 heterocycles. The third-order valence-corrected chi connectivity index (χ3v) is 5.63. The number of carbonyl (C=O) groups is 2. The number of aromatic nitrogens is 1. The van der Waals surface area contributed by atoms with Crippen molar-refractivity contribution >= 4 is 35.0 Å². The molecule has 1 aromatic heterocycles. The largest absolute Gasteiger partial charge is 0.347 e. The van der Waals surface area contributed by atoms with Gasteiger partial charge in [-0.3, -0.25) is 14.6 Å². The number of pyridine rings is 1. The number of nitrogens with zero attached hydrogens (tertiary/aromatic N) is 3. The summed E-state index contributed by atoms with van der Waals surface area (Å²) in [5.74, 6) is -0.544. The molecule has 1 aromatic rings. The van der Waals surface area contributed by atoms with Crippen LogP contribution in [0.15, 0.2) is 22.2 Å². The lowest BCUT2D eigenvalue weighted by molar-refractivity contribution is -0.129. The Morgan fingerprint density at radius 2 is 2.11 bits per heavy atom. The summed E-state index contributed by atoms with van der Waals surface area (Å²) in [5.41, 5.74) is 9.61. The lowest BCUT2D eigenvalue weighted by Gasteiger charge is -2.24. The molecule has 27 heavy (non-hydrogen) atoms. The highest BCUT2D eigenvalue weighted by atomic mass is 35.5. The Morgan fingerprint density at radius 1 is 1.41 bits per heavy atom. The van der Waals surface area contributed by atoms with Crippen molar-refractivity contribution in [2.75, 3.05) is 20.6 Å². The zero-order valence-corrected chi connectivity index (χ0v) is 17.1. The van der Waals surface area contributed by atoms with Gasteiger partial charge in [0.2, 0.25) is 5.91 Å². The Morgan fingerprint density at radius 3 is 2.70 bits per heavy atom. The minimum atomic E-state index is -0.206. The zero-order valence-electron chi connectivity index (χ0n) is 15.6. The van der Waals surface area contributed by atoms with Gasteiger partial charge in [-0.25, -0.2) is 0 Å². The predicted molar refractivity (Wildman–Crippen MR) is 106 cm³/mol. The summed E-state index contributed by atoms with van der Waals surface area (Å²) < 4.78 is 0. The average molecular weight is 409 g/mol. The Labute approximate surface area is 168 Å². The van der Waals surface area contributed by atoms with Gasteiger partial charge in [0.15, 0.2) is 0 Å². The Hall–Kier alpha value is -1.89. The second-order valence-electron chi connectivity index (χ2n) is 6.97. The number of allylic oxidation sites excluding steroid dienone is 4. The summed E-state index contributed by atoms with van der Waals surface area (Å²) in [5, 5.41) is 1.15. The molecule has 3 rings (SSSR count). The summed E-state index contributed by atoms with van der Waals surface area (Å²) in [7, 11) is 3.33. The van der Waals surface area contributed by atoms with Crippen LogP contribution in [0.3, 0.4) is 0 Å². The third kappa shape index (κ3) is 3.61. The van der Waals surface area contributed by atoms with E-state index < -0.39 is 0 Å². The first-order valence-corrected chi connectivity index (χ1v) is 9.44. The van der Waals surface area contributed by atoms with Gasteiger partial charge < -0.3 is 15.5 Å². The molecule has 0 fully saturated rings. The standard InChI is InChI=1S/C19H22Cl2N4O2/c1-10-13(7-22)17(12-5-4-11(20)6-14(12)21)18-15(23-10)8-25(19(18)27)9-16(26)24(2)3/h4,6,12H,5,7-9,22H2,1-3H3. The van der Waals surface area contributed by atoms with Crippen LogP contribution in [-0.2, 0) is 17.9 Å². The number of amides is 2. The quantitative estimate of drug-likeness (QED) is 0.829. The van der Waals surface area contributed by atoms with Crippen LogP contribution < -0.4 is 5.73 Å². The van der Waals surface area contributed by atoms with Gasteiger partial charge in [-0.2, -0.15) is 0 Å². The van der Waals surface area contributed by atoms with Crippen molar-refractivity contribution in [3.8, 4) is 0 Å². The van der Waals surface area contributed by atoms with Gasteiger partial charge in [0.25, 0.3) is 5.91 Å². The van der Waals surface area contributed by atoms with Gasteiger partial charge in [-0.15, -0.1) is 0 Å². The third-order valence-electron chi connectivity index (χ3n) is 5.00. The second kappa shape index (κ2) is 7.62. The molecule has 0 saturated heterocycles. The SMILES string of the molecule is Cc1nc2c(c(C3CC=C(Cl)C=C3Cl)c1CN)C(=O)N(CC(=O)N(C)C)C2. The highest BCUT2D eigenvalue weighted by molar-refractivity contribution is 6.35. The second-order valence-corrected chi connectivity index (χ2v) is 7.84. The molecular formula is C19H22Cl2N4O2. The monoisotopic (exact) mass is 408 g/mol. The lowest BCUT2D eigenvalue weighted by atomic mass is 9.84. The molecule has 2 aliphatic rings. The molecule has 0 aromatic carbocycles. The number of carbonyl (C=O) groups excluding carboxylic acids is 2. The molecule has 0 spiro atoms. The van der Waals surface area contributed by atoms with Crippen molar-refractivity contribution in [3.63, 3.8) is 0 Å². The van der Waals surface area contributed by atoms with Crippen LogP contribution in [-0.4, -0.2) is 47.2 Å². The minimum absolute atomic E-state index is 0.0125.